The predicted molar refractivity (Wildman–Crippen MR) is 309 cm³/mol. The topological polar surface area (TPSA) is 291 Å². The van der Waals surface area contributed by atoms with Gasteiger partial charge in [-0.3, -0.25) is 14.3 Å². The van der Waals surface area contributed by atoms with Crippen LogP contribution in [0.5, 0.6) is 23.1 Å². The van der Waals surface area contributed by atoms with E-state index < -0.39 is 71.1 Å². The van der Waals surface area contributed by atoms with Gasteiger partial charge in [-0.2, -0.15) is 18.3 Å². The molecule has 0 aliphatic carbocycles. The number of halogens is 3. The van der Waals surface area contributed by atoms with Crippen molar-refractivity contribution < 1.29 is 71.0 Å². The Balaban J connectivity index is 0.000000206. The van der Waals surface area contributed by atoms with Gasteiger partial charge in [0.25, 0.3) is 11.8 Å². The molecule has 10 rings (SSSR count). The molecule has 0 saturated carbocycles. The Hall–Kier alpha value is -9.33. The smallest absolute Gasteiger partial charge is 0.435 e. The number of phenolic OH excluding ortho intramolecular Hbond substituents is 1. The number of fused-ring (bicyclic) bond motifs is 3. The molecule has 3 aromatic carbocycles. The SMILES string of the molecule is CCc1cc2c(N3CCc4c(cc(Cn5ccnc5)cc4-c4cn(C)nc4C(F)(F)F)C3=O)cc(C)nc2c(OC)n1.COC1C(OC(N)=O)C(O)C(Oc2ccc3c(O)c(NC(=O)c4ccc(O)c(CC=C(C)C)c4)c(=O)oc3c2C)OC1(C)C. The first-order chi connectivity index (χ1) is 40.7. The number of rotatable bonds is 14. The molecule has 4 atom stereocenters. The van der Waals surface area contributed by atoms with Crippen molar-refractivity contribution in [1.82, 2.24) is 29.3 Å². The van der Waals surface area contributed by atoms with Crippen LogP contribution in [0.25, 0.3) is 33.0 Å². The number of phenols is 1. The molecule has 86 heavy (non-hydrogen) atoms. The number of nitrogens with zero attached hydrogens (tertiary/aromatic N) is 7. The van der Waals surface area contributed by atoms with Crippen molar-refractivity contribution in [3.05, 3.63) is 152 Å². The zero-order chi connectivity index (χ0) is 62.3. The summed E-state index contributed by atoms with van der Waals surface area (Å²) in [4.78, 5) is 66.7. The third-order valence-electron chi connectivity index (χ3n) is 14.8. The maximum Gasteiger partial charge on any atom is 0.435 e. The second-order valence-corrected chi connectivity index (χ2v) is 21.5. The summed E-state index contributed by atoms with van der Waals surface area (Å²) < 4.78 is 78.6. The normalized spacial score (nSPS) is 17.4. The number of benzene rings is 3. The van der Waals surface area contributed by atoms with Crippen LogP contribution < -0.4 is 31.0 Å². The minimum absolute atomic E-state index is 0.0183. The van der Waals surface area contributed by atoms with Crippen molar-refractivity contribution >= 4 is 51.2 Å². The molecule has 6 N–H and O–H groups in total. The number of aliphatic hydroxyl groups excluding tert-OH is 1. The molecule has 8 aromatic rings. The number of imidazole rings is 1. The first kappa shape index (κ1) is 61.2. The average molecular weight is 1190 g/mol. The molecular formula is C61H64F3N9O13. The fourth-order valence-electron chi connectivity index (χ4n) is 10.7. The first-order valence-corrected chi connectivity index (χ1v) is 27.2. The van der Waals surface area contributed by atoms with Crippen molar-refractivity contribution in [1.29, 1.82) is 0 Å². The number of aromatic nitrogens is 6. The van der Waals surface area contributed by atoms with E-state index >= 15 is 0 Å². The summed E-state index contributed by atoms with van der Waals surface area (Å²) in [6.07, 6.45) is -1.09. The molecule has 1 fully saturated rings. The van der Waals surface area contributed by atoms with Crippen molar-refractivity contribution in [3.8, 4) is 34.3 Å². The van der Waals surface area contributed by atoms with Crippen LogP contribution in [0.3, 0.4) is 0 Å². The number of pyridine rings is 2. The number of carbonyl (C=O) groups is 3. The summed E-state index contributed by atoms with van der Waals surface area (Å²) in [6, 6.07) is 14.4. The van der Waals surface area contributed by atoms with Gasteiger partial charge < -0.3 is 63.9 Å². The Morgan fingerprint density at radius 1 is 0.988 bits per heavy atom. The molecule has 5 aromatic heterocycles. The van der Waals surface area contributed by atoms with E-state index in [1.165, 1.54) is 57.8 Å². The third kappa shape index (κ3) is 12.4. The van der Waals surface area contributed by atoms with Gasteiger partial charge in [0, 0.05) is 84.9 Å². The molecule has 2 aliphatic heterocycles. The monoisotopic (exact) mass is 1190 g/mol. The van der Waals surface area contributed by atoms with Crippen molar-refractivity contribution in [2.45, 2.75) is 111 Å². The van der Waals surface area contributed by atoms with Gasteiger partial charge in [-0.15, -0.1) is 0 Å². The molecule has 452 valence electrons. The van der Waals surface area contributed by atoms with Crippen LogP contribution >= 0.6 is 0 Å². The van der Waals surface area contributed by atoms with Gasteiger partial charge in [-0.05, 0) is 138 Å². The minimum atomic E-state index is -4.66. The number of carbonyl (C=O) groups excluding carboxylic acids is 3. The molecule has 4 unspecified atom stereocenters. The van der Waals surface area contributed by atoms with Gasteiger partial charge in [-0.25, -0.2) is 24.5 Å². The molecule has 1 saturated heterocycles. The van der Waals surface area contributed by atoms with Gasteiger partial charge in [0.15, 0.2) is 29.3 Å². The number of methoxy groups -OCH3 is 2. The molecule has 3 amide bonds. The number of alkyl halides is 3. The van der Waals surface area contributed by atoms with Gasteiger partial charge in [0.05, 0.1) is 30.1 Å². The summed E-state index contributed by atoms with van der Waals surface area (Å²) in [5.41, 5.74) is 8.11. The lowest BCUT2D eigenvalue weighted by atomic mass is 9.87. The zero-order valence-corrected chi connectivity index (χ0v) is 48.7. The number of primary amides is 1. The quantitative estimate of drug-likeness (QED) is 0.0501. The number of anilines is 2. The Morgan fingerprint density at radius 3 is 2.40 bits per heavy atom. The minimum Gasteiger partial charge on any atom is -0.508 e. The van der Waals surface area contributed by atoms with Gasteiger partial charge >= 0.3 is 17.9 Å². The maximum atomic E-state index is 14.3. The number of amides is 3. The van der Waals surface area contributed by atoms with Crippen molar-refractivity contribution in [3.63, 3.8) is 0 Å². The lowest BCUT2D eigenvalue weighted by Crippen LogP contribution is -2.65. The van der Waals surface area contributed by atoms with Crippen LogP contribution in [-0.4, -0.2) is 113 Å². The van der Waals surface area contributed by atoms with E-state index in [4.69, 9.17) is 33.8 Å². The molecule has 7 heterocycles. The highest BCUT2D eigenvalue weighted by molar-refractivity contribution is 6.13. The Morgan fingerprint density at radius 2 is 1.73 bits per heavy atom. The van der Waals surface area contributed by atoms with Crippen LogP contribution in [-0.2, 0) is 53.2 Å². The highest BCUT2D eigenvalue weighted by atomic mass is 19.4. The number of nitrogens with one attached hydrogen (secondary N) is 1. The number of nitrogens with two attached hydrogens (primary N) is 1. The van der Waals surface area contributed by atoms with E-state index in [-0.39, 0.29) is 51.6 Å². The first-order valence-electron chi connectivity index (χ1n) is 27.2. The van der Waals surface area contributed by atoms with Crippen LogP contribution in [0, 0.1) is 13.8 Å². The number of allylic oxidation sites excluding steroid dienone is 2. The summed E-state index contributed by atoms with van der Waals surface area (Å²) in [5.74, 6) is -1.02. The molecule has 0 bridgehead atoms. The summed E-state index contributed by atoms with van der Waals surface area (Å²) in [6.45, 7) is 13.1. The highest BCUT2D eigenvalue weighted by Crippen LogP contribution is 2.43. The van der Waals surface area contributed by atoms with Gasteiger partial charge in [0.2, 0.25) is 12.2 Å². The Labute approximate surface area is 490 Å². The van der Waals surface area contributed by atoms with E-state index in [1.807, 2.05) is 45.9 Å². The molecule has 25 heteroatoms. The number of hydrogen-bond donors (Lipinski definition) is 5. The fraction of sp³-hybridized carbons (Fsp3) is 0.344. The lowest BCUT2D eigenvalue weighted by molar-refractivity contribution is -0.304. The Kier molecular flexibility index (Phi) is 17.3. The highest BCUT2D eigenvalue weighted by Gasteiger charge is 2.53. The van der Waals surface area contributed by atoms with Crippen LogP contribution in [0.1, 0.15) is 94.7 Å². The summed E-state index contributed by atoms with van der Waals surface area (Å²) >= 11 is 0. The molecule has 0 radical (unpaired) electrons. The van der Waals surface area contributed by atoms with E-state index in [2.05, 4.69) is 25.4 Å². The number of aliphatic hydroxyl groups is 1. The van der Waals surface area contributed by atoms with E-state index in [1.54, 1.807) is 61.1 Å². The second kappa shape index (κ2) is 24.3. The summed E-state index contributed by atoms with van der Waals surface area (Å²) in [7, 11) is 4.36. The van der Waals surface area contributed by atoms with E-state index in [0.717, 1.165) is 21.3 Å². The molecule has 22 nitrogen and oxygen atoms in total. The zero-order valence-electron chi connectivity index (χ0n) is 48.7. The van der Waals surface area contributed by atoms with Crippen molar-refractivity contribution in [2.75, 3.05) is 31.0 Å². The van der Waals surface area contributed by atoms with Gasteiger partial charge in [-0.1, -0.05) is 18.6 Å². The lowest BCUT2D eigenvalue weighted by Gasteiger charge is -2.47. The van der Waals surface area contributed by atoms with E-state index in [9.17, 15) is 47.7 Å². The molecular weight excluding hydrogens is 1120 g/mol. The van der Waals surface area contributed by atoms with Crippen molar-refractivity contribution in [2.24, 2.45) is 12.8 Å². The number of ether oxygens (including phenoxy) is 5. The van der Waals surface area contributed by atoms with Crippen LogP contribution in [0.15, 0.2) is 100 Å². The average Bonchev–Trinajstić information content (AvgIpc) is 1.09. The Bertz CT molecular complexity index is 4020. The van der Waals surface area contributed by atoms with Gasteiger partial charge in [0.1, 0.15) is 28.7 Å². The molecule has 0 spiro atoms. The largest absolute Gasteiger partial charge is 0.508 e. The molecule has 2 aliphatic rings. The third-order valence-corrected chi connectivity index (χ3v) is 14.8. The standard InChI is InChI=1S/C31H36N2O11.C30H28F3N7O2/c1-14(2)7-8-16-13-17(9-11-19(16)34)27(37)33-21-22(35)18-10-12-20(15(3)24(18)42-28(21)38)41-29-23(36)25(43-30(32)39)26(40-6)31(4,5)44-29;1-5-19-13-23-25(10-17(2)35-26(23)28(36-19)42-4)40-8-6-20-21(24-15-38(3)37-27(24)30(31,32)33)11-18(12-22(20)29(40)41)14-39-9-7-34-16-39/h7,9-13,23,25-26,29,34-36H,8H2,1-6H3,(H2,32,39)(H,33,37);7,9-13,15-16H,5-6,8,14H2,1-4H3. The maximum absolute atomic E-state index is 14.3. The summed E-state index contributed by atoms with van der Waals surface area (Å²) in [5, 5.41) is 39.0. The van der Waals surface area contributed by atoms with Crippen LogP contribution in [0.4, 0.5) is 29.3 Å². The predicted octanol–water partition coefficient (Wildman–Crippen LogP) is 9.00. The fourth-order valence-corrected chi connectivity index (χ4v) is 10.7. The second-order valence-electron chi connectivity index (χ2n) is 21.5. The number of aromatic hydroxyl groups is 2. The number of aryl methyl sites for hydroxylation is 4. The van der Waals surface area contributed by atoms with E-state index in [0.29, 0.717) is 76.4 Å². The van der Waals surface area contributed by atoms with Crippen LogP contribution in [0.2, 0.25) is 0 Å². The number of hydrogen-bond acceptors (Lipinski definition) is 17.